The summed E-state index contributed by atoms with van der Waals surface area (Å²) in [6.45, 7) is 0. The number of nitrogens with two attached hydrogens (primary N) is 1. The molecule has 1 aromatic heterocycles. The number of hydrogen-bond donors (Lipinski definition) is 1. The van der Waals surface area contributed by atoms with Crippen LogP contribution in [0.25, 0.3) is 10.2 Å². The number of fused-ring (bicyclic) bond motifs is 1. The molecule has 2 aromatic carbocycles. The first kappa shape index (κ1) is 12.5. The second-order valence-corrected chi connectivity index (χ2v) is 5.63. The highest BCUT2D eigenvalue weighted by Gasteiger charge is 2.12. The first-order chi connectivity index (χ1) is 9.15. The monoisotopic (exact) mass is 310 g/mol. The van der Waals surface area contributed by atoms with Crippen molar-refractivity contribution in [3.05, 3.63) is 46.4 Å². The third-order valence-corrected chi connectivity index (χ3v) is 4.25. The molecular weight excluding hydrogens is 303 g/mol. The number of nitrogen functional groups attached to an aromatic ring is 1. The SMILES string of the molecule is Nc1nc2ccc(Oc3ccccc3Cl)c(Cl)c2s1. The van der Waals surface area contributed by atoms with Gasteiger partial charge in [0.1, 0.15) is 16.5 Å². The van der Waals surface area contributed by atoms with Gasteiger partial charge in [0.2, 0.25) is 0 Å². The van der Waals surface area contributed by atoms with Crippen LogP contribution >= 0.6 is 34.5 Å². The fourth-order valence-electron chi connectivity index (χ4n) is 1.68. The van der Waals surface area contributed by atoms with Crippen molar-refractivity contribution in [3.63, 3.8) is 0 Å². The standard InChI is InChI=1S/C13H8Cl2N2OS/c14-7-3-1-2-4-9(7)18-10-6-5-8-12(11(10)15)19-13(16)17-8/h1-6H,(H2,16,17). The zero-order chi connectivity index (χ0) is 13.4. The summed E-state index contributed by atoms with van der Waals surface area (Å²) in [6.07, 6.45) is 0. The van der Waals surface area contributed by atoms with Crippen LogP contribution in [0.5, 0.6) is 11.5 Å². The number of para-hydroxylation sites is 1. The first-order valence-electron chi connectivity index (χ1n) is 5.42. The van der Waals surface area contributed by atoms with E-state index in [1.807, 2.05) is 18.2 Å². The van der Waals surface area contributed by atoms with E-state index in [1.54, 1.807) is 18.2 Å². The number of thiazole rings is 1. The average molecular weight is 311 g/mol. The lowest BCUT2D eigenvalue weighted by Crippen LogP contribution is -1.86. The van der Waals surface area contributed by atoms with Crippen molar-refractivity contribution in [2.45, 2.75) is 0 Å². The Morgan fingerprint density at radius 1 is 1.05 bits per heavy atom. The Hall–Kier alpha value is -1.49. The Kier molecular flexibility index (Phi) is 3.22. The molecule has 0 fully saturated rings. The molecule has 0 aliphatic heterocycles. The summed E-state index contributed by atoms with van der Waals surface area (Å²) >= 11 is 13.7. The number of halogens is 2. The third-order valence-electron chi connectivity index (χ3n) is 2.53. The number of rotatable bonds is 2. The van der Waals surface area contributed by atoms with Gasteiger partial charge >= 0.3 is 0 Å². The second-order valence-electron chi connectivity index (χ2n) is 3.81. The van der Waals surface area contributed by atoms with Gasteiger partial charge in [-0.05, 0) is 24.3 Å². The number of benzene rings is 2. The molecule has 3 rings (SSSR count). The van der Waals surface area contributed by atoms with E-state index in [4.69, 9.17) is 33.7 Å². The van der Waals surface area contributed by atoms with Crippen LogP contribution in [0.1, 0.15) is 0 Å². The van der Waals surface area contributed by atoms with Crippen LogP contribution in [0.2, 0.25) is 10.0 Å². The van der Waals surface area contributed by atoms with Crippen LogP contribution in [-0.2, 0) is 0 Å². The van der Waals surface area contributed by atoms with Gasteiger partial charge in [0.05, 0.1) is 15.2 Å². The van der Waals surface area contributed by atoms with E-state index in [1.165, 1.54) is 11.3 Å². The summed E-state index contributed by atoms with van der Waals surface area (Å²) in [5.74, 6) is 1.09. The fraction of sp³-hybridized carbons (Fsp3) is 0. The molecule has 2 N–H and O–H groups in total. The van der Waals surface area contributed by atoms with Crippen molar-refractivity contribution in [2.75, 3.05) is 5.73 Å². The van der Waals surface area contributed by atoms with Crippen LogP contribution in [0.4, 0.5) is 5.13 Å². The number of nitrogens with zero attached hydrogens (tertiary/aromatic N) is 1. The Morgan fingerprint density at radius 3 is 2.63 bits per heavy atom. The predicted octanol–water partition coefficient (Wildman–Crippen LogP) is 4.98. The number of anilines is 1. The van der Waals surface area contributed by atoms with E-state index in [2.05, 4.69) is 4.98 Å². The van der Waals surface area contributed by atoms with Gasteiger partial charge in [-0.1, -0.05) is 46.7 Å². The minimum atomic E-state index is 0.479. The topological polar surface area (TPSA) is 48.1 Å². The van der Waals surface area contributed by atoms with Crippen LogP contribution < -0.4 is 10.5 Å². The number of aromatic nitrogens is 1. The Bertz CT molecular complexity index is 757. The van der Waals surface area contributed by atoms with Crippen LogP contribution in [0.3, 0.4) is 0 Å². The molecule has 0 atom stereocenters. The average Bonchev–Trinajstić information content (AvgIpc) is 2.77. The van der Waals surface area contributed by atoms with Crippen molar-refractivity contribution in [1.82, 2.24) is 4.98 Å². The van der Waals surface area contributed by atoms with Gasteiger partial charge in [0, 0.05) is 0 Å². The van der Waals surface area contributed by atoms with Crippen molar-refractivity contribution in [2.24, 2.45) is 0 Å². The summed E-state index contributed by atoms with van der Waals surface area (Å²) in [4.78, 5) is 4.17. The number of hydrogen-bond acceptors (Lipinski definition) is 4. The minimum Gasteiger partial charge on any atom is -0.454 e. The van der Waals surface area contributed by atoms with E-state index < -0.39 is 0 Å². The molecular formula is C13H8Cl2N2OS. The molecule has 96 valence electrons. The molecule has 0 radical (unpaired) electrons. The normalized spacial score (nSPS) is 10.8. The summed E-state index contributed by atoms with van der Waals surface area (Å²) in [5, 5.41) is 1.50. The zero-order valence-electron chi connectivity index (χ0n) is 9.56. The minimum absolute atomic E-state index is 0.479. The molecule has 3 nitrogen and oxygen atoms in total. The van der Waals surface area contributed by atoms with Crippen LogP contribution in [0.15, 0.2) is 36.4 Å². The molecule has 0 bridgehead atoms. The van der Waals surface area contributed by atoms with E-state index in [0.717, 1.165) is 10.2 Å². The van der Waals surface area contributed by atoms with E-state index in [0.29, 0.717) is 26.7 Å². The van der Waals surface area contributed by atoms with E-state index >= 15 is 0 Å². The molecule has 0 spiro atoms. The van der Waals surface area contributed by atoms with Gasteiger partial charge in [-0.25, -0.2) is 4.98 Å². The summed E-state index contributed by atoms with van der Waals surface area (Å²) in [5.41, 5.74) is 6.44. The maximum atomic E-state index is 6.30. The molecule has 0 aliphatic rings. The van der Waals surface area contributed by atoms with Crippen LogP contribution in [-0.4, -0.2) is 4.98 Å². The largest absolute Gasteiger partial charge is 0.454 e. The van der Waals surface area contributed by atoms with Crippen molar-refractivity contribution in [3.8, 4) is 11.5 Å². The van der Waals surface area contributed by atoms with Gasteiger partial charge in [0.15, 0.2) is 5.13 Å². The lowest BCUT2D eigenvalue weighted by Gasteiger charge is -2.08. The highest BCUT2D eigenvalue weighted by atomic mass is 35.5. The van der Waals surface area contributed by atoms with Crippen molar-refractivity contribution < 1.29 is 4.74 Å². The highest BCUT2D eigenvalue weighted by molar-refractivity contribution is 7.22. The maximum absolute atomic E-state index is 6.30. The van der Waals surface area contributed by atoms with E-state index in [9.17, 15) is 0 Å². The molecule has 0 unspecified atom stereocenters. The van der Waals surface area contributed by atoms with Gasteiger partial charge in [-0.3, -0.25) is 0 Å². The molecule has 0 amide bonds. The molecule has 1 heterocycles. The van der Waals surface area contributed by atoms with Gasteiger partial charge in [-0.15, -0.1) is 0 Å². The summed E-state index contributed by atoms with van der Waals surface area (Å²) < 4.78 is 6.54. The molecule has 3 aromatic rings. The quantitative estimate of drug-likeness (QED) is 0.726. The molecule has 19 heavy (non-hydrogen) atoms. The van der Waals surface area contributed by atoms with Crippen LogP contribution in [0, 0.1) is 0 Å². The third kappa shape index (κ3) is 2.34. The highest BCUT2D eigenvalue weighted by Crippen LogP contribution is 2.40. The Balaban J connectivity index is 2.06. The summed E-state index contributed by atoms with van der Waals surface area (Å²) in [6, 6.07) is 10.8. The fourth-order valence-corrected chi connectivity index (χ4v) is 2.93. The molecule has 0 saturated carbocycles. The Labute approximate surface area is 123 Å². The lowest BCUT2D eigenvalue weighted by atomic mass is 10.3. The molecule has 0 aliphatic carbocycles. The maximum Gasteiger partial charge on any atom is 0.181 e. The van der Waals surface area contributed by atoms with Crippen molar-refractivity contribution >= 4 is 49.9 Å². The molecule has 0 saturated heterocycles. The lowest BCUT2D eigenvalue weighted by molar-refractivity contribution is 0.484. The predicted molar refractivity (Wildman–Crippen MR) is 80.6 cm³/mol. The van der Waals surface area contributed by atoms with Gasteiger partial charge < -0.3 is 10.5 Å². The summed E-state index contributed by atoms with van der Waals surface area (Å²) in [7, 11) is 0. The van der Waals surface area contributed by atoms with E-state index in [-0.39, 0.29) is 0 Å². The smallest absolute Gasteiger partial charge is 0.181 e. The number of ether oxygens (including phenoxy) is 1. The second kappa shape index (κ2) is 4.89. The molecule has 6 heteroatoms. The van der Waals surface area contributed by atoms with Crippen molar-refractivity contribution in [1.29, 1.82) is 0 Å². The zero-order valence-corrected chi connectivity index (χ0v) is 11.9. The Morgan fingerprint density at radius 2 is 1.84 bits per heavy atom. The first-order valence-corrected chi connectivity index (χ1v) is 6.99. The van der Waals surface area contributed by atoms with Gasteiger partial charge in [0.25, 0.3) is 0 Å². The van der Waals surface area contributed by atoms with Gasteiger partial charge in [-0.2, -0.15) is 0 Å².